The Hall–Kier alpha value is -1.56. The van der Waals surface area contributed by atoms with Crippen molar-refractivity contribution in [3.8, 4) is 0 Å². The second-order valence-electron chi connectivity index (χ2n) is 3.75. The number of hydrogen-bond donors (Lipinski definition) is 3. The highest BCUT2D eigenvalue weighted by Gasteiger charge is 2.16. The quantitative estimate of drug-likeness (QED) is 0.714. The first-order valence-corrected chi connectivity index (χ1v) is 5.41. The molecule has 5 N–H and O–H groups in total. The van der Waals surface area contributed by atoms with Gasteiger partial charge in [0.2, 0.25) is 0 Å². The fourth-order valence-corrected chi connectivity index (χ4v) is 1.91. The Balaban J connectivity index is 2.28. The first-order valence-electron chi connectivity index (χ1n) is 5.03. The Morgan fingerprint density at radius 2 is 2.29 bits per heavy atom. The minimum Gasteiger partial charge on any atom is -0.372 e. The van der Waals surface area contributed by atoms with Crippen molar-refractivity contribution in [2.24, 2.45) is 11.6 Å². The summed E-state index contributed by atoms with van der Waals surface area (Å²) in [6.07, 6.45) is 2.16. The summed E-state index contributed by atoms with van der Waals surface area (Å²) >= 11 is 5.87. The standard InChI is InChI=1S/C11H12ClN3O2/c12-7-1-2-8-6(5-15-10(8)4-7)3-9(13)11(16)17-14/h1-2,4-5,9,15H,3,13-14H2/t9-/m0/s1. The number of H-pyrrole nitrogens is 1. The van der Waals surface area contributed by atoms with Crippen LogP contribution in [0.25, 0.3) is 10.9 Å². The topological polar surface area (TPSA) is 94.1 Å². The summed E-state index contributed by atoms with van der Waals surface area (Å²) in [4.78, 5) is 18.3. The van der Waals surface area contributed by atoms with Gasteiger partial charge in [-0.2, -0.15) is 5.90 Å². The SMILES string of the molecule is NOC(=O)[C@@H](N)Cc1c[nH]c2cc(Cl)ccc12. The zero-order valence-corrected chi connectivity index (χ0v) is 9.70. The van der Waals surface area contributed by atoms with Gasteiger partial charge < -0.3 is 15.6 Å². The third kappa shape index (κ3) is 2.41. The van der Waals surface area contributed by atoms with Crippen molar-refractivity contribution in [2.75, 3.05) is 0 Å². The molecule has 0 radical (unpaired) electrons. The van der Waals surface area contributed by atoms with Gasteiger partial charge in [-0.25, -0.2) is 4.79 Å². The molecule has 0 saturated carbocycles. The first-order chi connectivity index (χ1) is 8.11. The van der Waals surface area contributed by atoms with Crippen molar-refractivity contribution in [1.29, 1.82) is 0 Å². The number of nitrogens with one attached hydrogen (secondary N) is 1. The fourth-order valence-electron chi connectivity index (χ4n) is 1.74. The van der Waals surface area contributed by atoms with Crippen molar-refractivity contribution < 1.29 is 9.63 Å². The van der Waals surface area contributed by atoms with Gasteiger partial charge in [-0.1, -0.05) is 17.7 Å². The van der Waals surface area contributed by atoms with Gasteiger partial charge in [-0.15, -0.1) is 0 Å². The Morgan fingerprint density at radius 1 is 1.53 bits per heavy atom. The molecule has 1 atom stereocenters. The molecule has 0 aliphatic rings. The summed E-state index contributed by atoms with van der Waals surface area (Å²) in [7, 11) is 0. The third-order valence-corrected chi connectivity index (χ3v) is 2.82. The predicted octanol–water partition coefficient (Wildman–Crippen LogP) is 1.11. The van der Waals surface area contributed by atoms with Crippen LogP contribution in [-0.2, 0) is 16.1 Å². The molecule has 2 rings (SSSR count). The molecule has 17 heavy (non-hydrogen) atoms. The van der Waals surface area contributed by atoms with Crippen molar-refractivity contribution >= 4 is 28.5 Å². The molecule has 0 saturated heterocycles. The molecular formula is C11H12ClN3O2. The Morgan fingerprint density at radius 3 is 3.00 bits per heavy atom. The molecule has 90 valence electrons. The monoisotopic (exact) mass is 253 g/mol. The van der Waals surface area contributed by atoms with Crippen molar-refractivity contribution in [1.82, 2.24) is 4.98 Å². The third-order valence-electron chi connectivity index (χ3n) is 2.59. The second-order valence-corrected chi connectivity index (χ2v) is 4.19. The second kappa shape index (κ2) is 4.75. The van der Waals surface area contributed by atoms with Crippen LogP contribution >= 0.6 is 11.6 Å². The average molecular weight is 254 g/mol. The van der Waals surface area contributed by atoms with E-state index in [0.29, 0.717) is 11.4 Å². The molecule has 1 aromatic heterocycles. The van der Waals surface area contributed by atoms with Gasteiger partial charge in [-0.3, -0.25) is 0 Å². The Kier molecular flexibility index (Phi) is 3.33. The highest BCUT2D eigenvalue weighted by Crippen LogP contribution is 2.22. The van der Waals surface area contributed by atoms with E-state index in [4.69, 9.17) is 23.2 Å². The van der Waals surface area contributed by atoms with Gasteiger partial charge in [0.15, 0.2) is 0 Å². The highest BCUT2D eigenvalue weighted by molar-refractivity contribution is 6.31. The smallest absolute Gasteiger partial charge is 0.341 e. The molecular weight excluding hydrogens is 242 g/mol. The van der Waals surface area contributed by atoms with Crippen LogP contribution in [0.3, 0.4) is 0 Å². The number of carbonyl (C=O) groups is 1. The number of benzene rings is 1. The van der Waals surface area contributed by atoms with Crippen LogP contribution in [-0.4, -0.2) is 17.0 Å². The number of aromatic amines is 1. The molecule has 2 aromatic rings. The van der Waals surface area contributed by atoms with Gasteiger partial charge in [0.1, 0.15) is 6.04 Å². The van der Waals surface area contributed by atoms with Gasteiger partial charge in [0.05, 0.1) is 0 Å². The lowest BCUT2D eigenvalue weighted by Gasteiger charge is -2.07. The number of fused-ring (bicyclic) bond motifs is 1. The zero-order chi connectivity index (χ0) is 12.4. The molecule has 1 heterocycles. The minimum atomic E-state index is -0.769. The van der Waals surface area contributed by atoms with E-state index in [-0.39, 0.29) is 0 Å². The van der Waals surface area contributed by atoms with Crippen LogP contribution in [0.5, 0.6) is 0 Å². The molecule has 6 heteroatoms. The van der Waals surface area contributed by atoms with E-state index in [1.165, 1.54) is 0 Å². The van der Waals surface area contributed by atoms with Crippen molar-refractivity contribution in [2.45, 2.75) is 12.5 Å². The molecule has 0 bridgehead atoms. The maximum Gasteiger partial charge on any atom is 0.341 e. The van der Waals surface area contributed by atoms with Crippen molar-refractivity contribution in [3.05, 3.63) is 35.0 Å². The summed E-state index contributed by atoms with van der Waals surface area (Å²) in [5.41, 5.74) is 7.47. The van der Waals surface area contributed by atoms with E-state index >= 15 is 0 Å². The maximum atomic E-state index is 11.1. The lowest BCUT2D eigenvalue weighted by molar-refractivity contribution is -0.145. The van der Waals surface area contributed by atoms with Gasteiger partial charge >= 0.3 is 5.97 Å². The number of halogens is 1. The predicted molar refractivity (Wildman–Crippen MR) is 65.3 cm³/mol. The largest absolute Gasteiger partial charge is 0.372 e. The number of aromatic nitrogens is 1. The van der Waals surface area contributed by atoms with E-state index in [2.05, 4.69) is 9.82 Å². The Bertz CT molecular complexity index is 553. The fraction of sp³-hybridized carbons (Fsp3) is 0.182. The minimum absolute atomic E-state index is 0.359. The van der Waals surface area contributed by atoms with Gasteiger partial charge in [0.25, 0.3) is 0 Å². The van der Waals surface area contributed by atoms with Crippen LogP contribution in [0.2, 0.25) is 5.02 Å². The van der Waals surface area contributed by atoms with Crippen LogP contribution in [0.15, 0.2) is 24.4 Å². The number of rotatable bonds is 3. The molecule has 0 amide bonds. The van der Waals surface area contributed by atoms with E-state index in [9.17, 15) is 4.79 Å². The van der Waals surface area contributed by atoms with Crippen molar-refractivity contribution in [3.63, 3.8) is 0 Å². The lowest BCUT2D eigenvalue weighted by atomic mass is 10.1. The van der Waals surface area contributed by atoms with Crippen LogP contribution in [0.1, 0.15) is 5.56 Å². The summed E-state index contributed by atoms with van der Waals surface area (Å²) < 4.78 is 0. The number of hydrogen-bond acceptors (Lipinski definition) is 4. The summed E-state index contributed by atoms with van der Waals surface area (Å²) in [6, 6.07) is 4.71. The normalized spacial score (nSPS) is 12.6. The van der Waals surface area contributed by atoms with E-state index in [1.807, 2.05) is 12.1 Å². The van der Waals surface area contributed by atoms with Crippen LogP contribution in [0, 0.1) is 0 Å². The summed E-state index contributed by atoms with van der Waals surface area (Å²) in [5, 5.41) is 1.63. The molecule has 0 aliphatic carbocycles. The van der Waals surface area contributed by atoms with Crippen LogP contribution in [0.4, 0.5) is 0 Å². The van der Waals surface area contributed by atoms with E-state index in [1.54, 1.807) is 12.3 Å². The number of nitrogens with two attached hydrogens (primary N) is 2. The molecule has 0 spiro atoms. The molecule has 0 unspecified atom stereocenters. The summed E-state index contributed by atoms with van der Waals surface area (Å²) in [6.45, 7) is 0. The molecule has 5 nitrogen and oxygen atoms in total. The van der Waals surface area contributed by atoms with Crippen LogP contribution < -0.4 is 11.6 Å². The number of carbonyl (C=O) groups excluding carboxylic acids is 1. The average Bonchev–Trinajstić information content (AvgIpc) is 2.70. The van der Waals surface area contributed by atoms with E-state index < -0.39 is 12.0 Å². The van der Waals surface area contributed by atoms with Gasteiger partial charge in [-0.05, 0) is 17.7 Å². The zero-order valence-electron chi connectivity index (χ0n) is 8.94. The van der Waals surface area contributed by atoms with E-state index in [0.717, 1.165) is 16.5 Å². The lowest BCUT2D eigenvalue weighted by Crippen LogP contribution is -2.35. The molecule has 0 aliphatic heterocycles. The first kappa shape index (κ1) is 11.9. The summed E-state index contributed by atoms with van der Waals surface area (Å²) in [5.74, 6) is 4.15. The molecule has 0 fully saturated rings. The Labute approximate surface area is 103 Å². The molecule has 1 aromatic carbocycles. The highest BCUT2D eigenvalue weighted by atomic mass is 35.5. The van der Waals surface area contributed by atoms with Gasteiger partial charge in [0, 0.05) is 28.5 Å². The maximum absolute atomic E-state index is 11.1.